The second-order valence-corrected chi connectivity index (χ2v) is 5.95. The second-order valence-electron chi connectivity index (χ2n) is 3.19. The van der Waals surface area contributed by atoms with Crippen molar-refractivity contribution in [3.8, 4) is 0 Å². The Labute approximate surface area is 68.9 Å². The van der Waals surface area contributed by atoms with Crippen molar-refractivity contribution in [2.24, 2.45) is 5.92 Å². The molecule has 0 N–H and O–H groups in total. The van der Waals surface area contributed by atoms with Gasteiger partial charge in [0.15, 0.2) is 7.37 Å². The Balaban J connectivity index is 2.21. The van der Waals surface area contributed by atoms with Crippen molar-refractivity contribution in [3.05, 3.63) is 11.5 Å². The Morgan fingerprint density at radius 1 is 1.82 bits per heavy atom. The summed E-state index contributed by atoms with van der Waals surface area (Å²) in [7, 11) is 2.99. The van der Waals surface area contributed by atoms with Crippen LogP contribution in [0.3, 0.4) is 0 Å². The Hall–Kier alpha value is -0.00506. The lowest BCUT2D eigenvalue weighted by molar-refractivity contribution is 0.308. The van der Waals surface area contributed by atoms with Gasteiger partial charge >= 0.3 is 0 Å². The summed E-state index contributed by atoms with van der Waals surface area (Å²) in [5, 5.41) is 0. The standard InChI is InChI=1S/C7H12BO2P/c1-11(2,9)10-5-7-3-6(7)4-8/h4,7H,3,5H2,1-2H3/b6-4+. The van der Waals surface area contributed by atoms with Gasteiger partial charge in [-0.1, -0.05) is 5.57 Å². The Bertz CT molecular complexity index is 218. The molecule has 60 valence electrons. The first-order valence-electron chi connectivity index (χ1n) is 3.63. The quantitative estimate of drug-likeness (QED) is 0.475. The minimum atomic E-state index is -2.28. The molecule has 0 saturated heterocycles. The van der Waals surface area contributed by atoms with Crippen LogP contribution in [0.5, 0.6) is 0 Å². The molecule has 1 rings (SSSR count). The maximum atomic E-state index is 11.1. The Kier molecular flexibility index (Phi) is 2.61. The number of hydrogen-bond acceptors (Lipinski definition) is 2. The van der Waals surface area contributed by atoms with Crippen LogP contribution in [0.15, 0.2) is 11.5 Å². The predicted molar refractivity (Wildman–Crippen MR) is 47.4 cm³/mol. The third-order valence-electron chi connectivity index (χ3n) is 1.65. The molecule has 0 amide bonds. The van der Waals surface area contributed by atoms with Crippen LogP contribution in [0.1, 0.15) is 6.42 Å². The molecule has 0 aromatic heterocycles. The van der Waals surface area contributed by atoms with Gasteiger partial charge in [0, 0.05) is 19.2 Å². The van der Waals surface area contributed by atoms with E-state index in [1.807, 2.05) is 0 Å². The molecule has 1 aliphatic carbocycles. The Morgan fingerprint density at radius 2 is 2.45 bits per heavy atom. The van der Waals surface area contributed by atoms with Crippen molar-refractivity contribution in [1.29, 1.82) is 0 Å². The largest absolute Gasteiger partial charge is 0.328 e. The molecule has 2 radical (unpaired) electrons. The van der Waals surface area contributed by atoms with Crippen molar-refractivity contribution in [2.75, 3.05) is 19.9 Å². The zero-order chi connectivity index (χ0) is 8.48. The van der Waals surface area contributed by atoms with Crippen LogP contribution in [0.4, 0.5) is 0 Å². The molecule has 0 heterocycles. The normalized spacial score (nSPS) is 27.5. The van der Waals surface area contributed by atoms with Crippen LogP contribution in [0.25, 0.3) is 0 Å². The SMILES string of the molecule is [B]/C=C1\CC1COP(C)(C)=O. The molecule has 0 aliphatic heterocycles. The lowest BCUT2D eigenvalue weighted by atomic mass is 10.1. The van der Waals surface area contributed by atoms with E-state index in [-0.39, 0.29) is 0 Å². The molecule has 0 aromatic carbocycles. The maximum Gasteiger partial charge on any atom is 0.197 e. The highest BCUT2D eigenvalue weighted by atomic mass is 31.2. The van der Waals surface area contributed by atoms with Crippen molar-refractivity contribution < 1.29 is 9.09 Å². The van der Waals surface area contributed by atoms with Crippen molar-refractivity contribution in [2.45, 2.75) is 6.42 Å². The summed E-state index contributed by atoms with van der Waals surface area (Å²) in [5.41, 5.74) is 1.22. The minimum Gasteiger partial charge on any atom is -0.328 e. The van der Waals surface area contributed by atoms with Crippen LogP contribution >= 0.6 is 7.37 Å². The lowest BCUT2D eigenvalue weighted by Crippen LogP contribution is -1.92. The van der Waals surface area contributed by atoms with Crippen LogP contribution in [0, 0.1) is 5.92 Å². The highest BCUT2D eigenvalue weighted by Gasteiger charge is 2.29. The molecule has 1 unspecified atom stereocenters. The molecular weight excluding hydrogens is 158 g/mol. The molecule has 0 aromatic rings. The molecule has 4 heteroatoms. The van der Waals surface area contributed by atoms with Gasteiger partial charge in [0.2, 0.25) is 0 Å². The molecule has 2 nitrogen and oxygen atoms in total. The zero-order valence-electron chi connectivity index (χ0n) is 6.91. The summed E-state index contributed by atoms with van der Waals surface area (Å²) in [6, 6.07) is 0. The van der Waals surface area contributed by atoms with Gasteiger partial charge in [-0.15, -0.1) is 5.98 Å². The highest BCUT2D eigenvalue weighted by Crippen LogP contribution is 2.43. The predicted octanol–water partition coefficient (Wildman–Crippen LogP) is 1.61. The van der Waals surface area contributed by atoms with Gasteiger partial charge in [-0.3, -0.25) is 4.57 Å². The highest BCUT2D eigenvalue weighted by molar-refractivity contribution is 7.57. The fourth-order valence-corrected chi connectivity index (χ4v) is 1.40. The van der Waals surface area contributed by atoms with E-state index in [0.29, 0.717) is 12.5 Å². The number of hydrogen-bond donors (Lipinski definition) is 0. The topological polar surface area (TPSA) is 26.3 Å². The van der Waals surface area contributed by atoms with Crippen LogP contribution in [-0.2, 0) is 9.09 Å². The van der Waals surface area contributed by atoms with Gasteiger partial charge < -0.3 is 4.52 Å². The van der Waals surface area contributed by atoms with Crippen LogP contribution in [-0.4, -0.2) is 27.8 Å². The summed E-state index contributed by atoms with van der Waals surface area (Å²) in [6.07, 6.45) is 1.01. The summed E-state index contributed by atoms with van der Waals surface area (Å²) >= 11 is 0. The average molecular weight is 170 g/mol. The average Bonchev–Trinajstić information content (AvgIpc) is 2.60. The van der Waals surface area contributed by atoms with Crippen molar-refractivity contribution in [3.63, 3.8) is 0 Å². The molecular formula is C7H12BO2P. The maximum absolute atomic E-state index is 11.1. The van der Waals surface area contributed by atoms with Crippen LogP contribution in [0.2, 0.25) is 0 Å². The molecule has 11 heavy (non-hydrogen) atoms. The van der Waals surface area contributed by atoms with Gasteiger partial charge in [-0.2, -0.15) is 0 Å². The molecule has 1 fully saturated rings. The second kappa shape index (κ2) is 3.16. The van der Waals surface area contributed by atoms with Crippen molar-refractivity contribution in [1.82, 2.24) is 0 Å². The van der Waals surface area contributed by atoms with Crippen LogP contribution < -0.4 is 0 Å². The molecule has 0 bridgehead atoms. The molecule has 1 atom stereocenters. The first-order chi connectivity index (χ1) is 5.03. The van der Waals surface area contributed by atoms with E-state index in [9.17, 15) is 4.57 Å². The molecule has 0 spiro atoms. The first-order valence-corrected chi connectivity index (χ1v) is 6.15. The minimum absolute atomic E-state index is 0.438. The zero-order valence-corrected chi connectivity index (χ0v) is 7.80. The first kappa shape index (κ1) is 9.09. The van der Waals surface area contributed by atoms with Crippen molar-refractivity contribution >= 4 is 15.2 Å². The van der Waals surface area contributed by atoms with E-state index >= 15 is 0 Å². The van der Waals surface area contributed by atoms with E-state index in [1.165, 1.54) is 5.57 Å². The Morgan fingerprint density at radius 3 is 2.82 bits per heavy atom. The fourth-order valence-electron chi connectivity index (χ4n) is 0.865. The van der Waals surface area contributed by atoms with E-state index in [2.05, 4.69) is 0 Å². The lowest BCUT2D eigenvalue weighted by Gasteiger charge is -2.05. The van der Waals surface area contributed by atoms with E-state index in [0.717, 1.165) is 6.42 Å². The third-order valence-corrected chi connectivity index (χ3v) is 2.42. The summed E-state index contributed by atoms with van der Waals surface area (Å²) in [4.78, 5) is 0. The van der Waals surface area contributed by atoms with Gasteiger partial charge in [-0.05, 0) is 6.42 Å². The summed E-state index contributed by atoms with van der Waals surface area (Å²) < 4.78 is 16.2. The van der Waals surface area contributed by atoms with E-state index in [1.54, 1.807) is 19.3 Å². The summed E-state index contributed by atoms with van der Waals surface area (Å²) in [6.45, 7) is 3.82. The molecule has 1 saturated carbocycles. The van der Waals surface area contributed by atoms with Gasteiger partial charge in [0.25, 0.3) is 0 Å². The van der Waals surface area contributed by atoms with E-state index in [4.69, 9.17) is 12.4 Å². The number of rotatable bonds is 3. The monoisotopic (exact) mass is 170 g/mol. The van der Waals surface area contributed by atoms with Gasteiger partial charge in [-0.25, -0.2) is 0 Å². The smallest absolute Gasteiger partial charge is 0.197 e. The fraction of sp³-hybridized carbons (Fsp3) is 0.714. The van der Waals surface area contributed by atoms with Gasteiger partial charge in [0.05, 0.1) is 6.61 Å². The summed E-state index contributed by atoms with van der Waals surface area (Å²) in [5.74, 6) is 2.05. The third kappa shape index (κ3) is 3.26. The molecule has 1 aliphatic rings. The van der Waals surface area contributed by atoms with Gasteiger partial charge in [0.1, 0.15) is 7.85 Å². The van der Waals surface area contributed by atoms with E-state index < -0.39 is 7.37 Å².